The number of hydrogen-bond donors (Lipinski definition) is 1. The summed E-state index contributed by atoms with van der Waals surface area (Å²) in [6.07, 6.45) is 16.7. The summed E-state index contributed by atoms with van der Waals surface area (Å²) in [6, 6.07) is 2.07. The van der Waals surface area contributed by atoms with Crippen molar-refractivity contribution in [3.05, 3.63) is 24.0 Å². The van der Waals surface area contributed by atoms with E-state index in [1.807, 2.05) is 12.3 Å². The lowest BCUT2D eigenvalue weighted by atomic mass is 10.0. The van der Waals surface area contributed by atoms with Crippen molar-refractivity contribution in [1.29, 1.82) is 0 Å². The maximum absolute atomic E-state index is 6.22. The summed E-state index contributed by atoms with van der Waals surface area (Å²) < 4.78 is 5.18. The first-order valence-corrected chi connectivity index (χ1v) is 8.52. The Kier molecular flexibility index (Phi) is 9.88. The smallest absolute Gasteiger partial charge is 0.137 e. The first-order chi connectivity index (χ1) is 10.3. The molecule has 0 aliphatic carbocycles. The number of nitrogens with two attached hydrogens (primary N) is 1. The van der Waals surface area contributed by atoms with E-state index in [1.54, 1.807) is 13.3 Å². The molecule has 0 amide bonds. The number of aromatic nitrogens is 1. The normalized spacial score (nSPS) is 12.3. The molecule has 3 nitrogen and oxygen atoms in total. The molecule has 0 aliphatic rings. The third kappa shape index (κ3) is 8.05. The van der Waals surface area contributed by atoms with Gasteiger partial charge in [0, 0.05) is 12.2 Å². The zero-order chi connectivity index (χ0) is 15.3. The summed E-state index contributed by atoms with van der Waals surface area (Å²) in [5, 5.41) is 0. The van der Waals surface area contributed by atoms with Crippen molar-refractivity contribution in [3.63, 3.8) is 0 Å². The molecule has 1 aromatic rings. The molecule has 1 heterocycles. The van der Waals surface area contributed by atoms with E-state index < -0.39 is 0 Å². The molecule has 3 heteroatoms. The van der Waals surface area contributed by atoms with Crippen LogP contribution in [0.2, 0.25) is 0 Å². The quantitative estimate of drug-likeness (QED) is 0.551. The topological polar surface area (TPSA) is 48.1 Å². The van der Waals surface area contributed by atoms with E-state index in [-0.39, 0.29) is 6.04 Å². The minimum Gasteiger partial charge on any atom is -0.495 e. The minimum absolute atomic E-state index is 0.0807. The van der Waals surface area contributed by atoms with Gasteiger partial charge in [-0.2, -0.15) is 0 Å². The van der Waals surface area contributed by atoms with Crippen molar-refractivity contribution in [3.8, 4) is 5.75 Å². The van der Waals surface area contributed by atoms with Gasteiger partial charge < -0.3 is 10.5 Å². The number of unbranched alkanes of at least 4 members (excludes halogenated alkanes) is 8. The van der Waals surface area contributed by atoms with Gasteiger partial charge in [-0.15, -0.1) is 0 Å². The first-order valence-electron chi connectivity index (χ1n) is 8.52. The average molecular weight is 292 g/mol. The number of methoxy groups -OCH3 is 1. The van der Waals surface area contributed by atoms with Crippen molar-refractivity contribution in [1.82, 2.24) is 4.98 Å². The highest BCUT2D eigenvalue weighted by Gasteiger charge is 2.07. The van der Waals surface area contributed by atoms with E-state index in [4.69, 9.17) is 10.5 Å². The van der Waals surface area contributed by atoms with Crippen molar-refractivity contribution in [2.75, 3.05) is 7.11 Å². The number of nitrogens with zero attached hydrogens (tertiary/aromatic N) is 1. The second-order valence-corrected chi connectivity index (χ2v) is 5.88. The van der Waals surface area contributed by atoms with E-state index in [9.17, 15) is 0 Å². The lowest BCUT2D eigenvalue weighted by Gasteiger charge is -2.12. The Morgan fingerprint density at radius 3 is 2.24 bits per heavy atom. The van der Waals surface area contributed by atoms with Crippen LogP contribution in [0.5, 0.6) is 5.75 Å². The van der Waals surface area contributed by atoms with Crippen LogP contribution in [0.4, 0.5) is 0 Å². The van der Waals surface area contributed by atoms with Crippen molar-refractivity contribution >= 4 is 0 Å². The summed E-state index contributed by atoms with van der Waals surface area (Å²) in [4.78, 5) is 4.16. The molecule has 1 unspecified atom stereocenters. The monoisotopic (exact) mass is 292 g/mol. The van der Waals surface area contributed by atoms with Gasteiger partial charge in [-0.1, -0.05) is 64.7 Å². The maximum Gasteiger partial charge on any atom is 0.137 e. The number of rotatable bonds is 12. The van der Waals surface area contributed by atoms with Gasteiger partial charge in [0.05, 0.1) is 13.3 Å². The molecular weight excluding hydrogens is 260 g/mol. The average Bonchev–Trinajstić information content (AvgIpc) is 2.53. The summed E-state index contributed by atoms with van der Waals surface area (Å²) in [5.41, 5.74) is 7.30. The molecule has 0 spiro atoms. The van der Waals surface area contributed by atoms with E-state index in [2.05, 4.69) is 11.9 Å². The third-order valence-corrected chi connectivity index (χ3v) is 4.02. The van der Waals surface area contributed by atoms with Crippen molar-refractivity contribution in [2.45, 2.75) is 77.2 Å². The fraction of sp³-hybridized carbons (Fsp3) is 0.722. The number of hydrogen-bond acceptors (Lipinski definition) is 3. The molecule has 21 heavy (non-hydrogen) atoms. The number of ether oxygens (including phenoxy) is 1. The van der Waals surface area contributed by atoms with Crippen LogP contribution in [-0.2, 0) is 0 Å². The van der Waals surface area contributed by atoms with Crippen molar-refractivity contribution in [2.24, 2.45) is 5.73 Å². The van der Waals surface area contributed by atoms with Gasteiger partial charge in [-0.25, -0.2) is 0 Å². The van der Waals surface area contributed by atoms with Gasteiger partial charge in [-0.05, 0) is 18.1 Å². The molecule has 0 radical (unpaired) electrons. The van der Waals surface area contributed by atoms with Crippen LogP contribution >= 0.6 is 0 Å². The SMILES string of the molecule is CCCCCCCCCCCC(N)c1cncc(OC)c1. The molecule has 120 valence electrons. The lowest BCUT2D eigenvalue weighted by Crippen LogP contribution is -2.10. The molecule has 2 N–H and O–H groups in total. The predicted molar refractivity (Wildman–Crippen MR) is 89.6 cm³/mol. The molecule has 0 fully saturated rings. The molecule has 0 aliphatic heterocycles. The highest BCUT2D eigenvalue weighted by Crippen LogP contribution is 2.21. The van der Waals surface area contributed by atoms with Crippen LogP contribution in [0.15, 0.2) is 18.5 Å². The fourth-order valence-corrected chi connectivity index (χ4v) is 2.59. The lowest BCUT2D eigenvalue weighted by molar-refractivity contribution is 0.411. The minimum atomic E-state index is 0.0807. The maximum atomic E-state index is 6.22. The fourth-order valence-electron chi connectivity index (χ4n) is 2.59. The van der Waals surface area contributed by atoms with Crippen LogP contribution in [-0.4, -0.2) is 12.1 Å². The Morgan fingerprint density at radius 1 is 1.00 bits per heavy atom. The molecule has 0 saturated heterocycles. The summed E-state index contributed by atoms with van der Waals surface area (Å²) in [7, 11) is 1.66. The van der Waals surface area contributed by atoms with Gasteiger partial charge in [0.1, 0.15) is 5.75 Å². The van der Waals surface area contributed by atoms with E-state index in [0.29, 0.717) is 0 Å². The van der Waals surface area contributed by atoms with Crippen LogP contribution in [0.25, 0.3) is 0 Å². The van der Waals surface area contributed by atoms with Gasteiger partial charge in [-0.3, -0.25) is 4.98 Å². The summed E-state index contributed by atoms with van der Waals surface area (Å²) >= 11 is 0. The van der Waals surface area contributed by atoms with Crippen LogP contribution in [0.3, 0.4) is 0 Å². The van der Waals surface area contributed by atoms with Crippen LogP contribution in [0, 0.1) is 0 Å². The van der Waals surface area contributed by atoms with Gasteiger partial charge in [0.2, 0.25) is 0 Å². The van der Waals surface area contributed by atoms with E-state index >= 15 is 0 Å². The molecule has 0 bridgehead atoms. The van der Waals surface area contributed by atoms with E-state index in [1.165, 1.54) is 57.8 Å². The second kappa shape index (κ2) is 11.6. The Balaban J connectivity index is 2.06. The summed E-state index contributed by atoms with van der Waals surface area (Å²) in [6.45, 7) is 2.26. The number of pyridine rings is 1. The van der Waals surface area contributed by atoms with Crippen molar-refractivity contribution < 1.29 is 4.74 Å². The molecule has 1 atom stereocenters. The molecule has 1 rings (SSSR count). The largest absolute Gasteiger partial charge is 0.495 e. The Hall–Kier alpha value is -1.09. The Labute approximate surface area is 130 Å². The Morgan fingerprint density at radius 2 is 1.62 bits per heavy atom. The zero-order valence-corrected chi connectivity index (χ0v) is 13.8. The Bertz CT molecular complexity index is 368. The predicted octanol–water partition coefficient (Wildman–Crippen LogP) is 5.01. The first kappa shape index (κ1) is 18.0. The standard InChI is InChI=1S/C18H32N2O/c1-3-4-5-6-7-8-9-10-11-12-18(19)16-13-17(21-2)15-20-14-16/h13-15,18H,3-12,19H2,1-2H3. The molecule has 1 aromatic heterocycles. The van der Waals surface area contributed by atoms with E-state index in [0.717, 1.165) is 17.7 Å². The van der Waals surface area contributed by atoms with Gasteiger partial charge in [0.25, 0.3) is 0 Å². The third-order valence-electron chi connectivity index (χ3n) is 4.02. The van der Waals surface area contributed by atoms with Crippen LogP contribution < -0.4 is 10.5 Å². The van der Waals surface area contributed by atoms with Gasteiger partial charge in [0.15, 0.2) is 0 Å². The van der Waals surface area contributed by atoms with Crippen LogP contribution in [0.1, 0.15) is 82.7 Å². The second-order valence-electron chi connectivity index (χ2n) is 5.88. The highest BCUT2D eigenvalue weighted by atomic mass is 16.5. The summed E-state index contributed by atoms with van der Waals surface area (Å²) in [5.74, 6) is 0.787. The molecule has 0 aromatic carbocycles. The van der Waals surface area contributed by atoms with Gasteiger partial charge >= 0.3 is 0 Å². The highest BCUT2D eigenvalue weighted by molar-refractivity contribution is 5.25. The molecule has 0 saturated carbocycles. The zero-order valence-electron chi connectivity index (χ0n) is 13.8. The molecular formula is C18H32N2O.